The maximum absolute atomic E-state index is 11.6. The summed E-state index contributed by atoms with van der Waals surface area (Å²) >= 11 is 0. The molecular formula is C15H19N3O5. The largest absolute Gasteiger partial charge is 0.504 e. The van der Waals surface area contributed by atoms with Gasteiger partial charge in [-0.25, -0.2) is 5.43 Å². The molecule has 0 bridgehead atoms. The van der Waals surface area contributed by atoms with Gasteiger partial charge in [-0.1, -0.05) is 6.07 Å². The Morgan fingerprint density at radius 2 is 2.30 bits per heavy atom. The zero-order chi connectivity index (χ0) is 16.7. The number of phenols is 1. The lowest BCUT2D eigenvalue weighted by molar-refractivity contribution is -0.139. The Morgan fingerprint density at radius 1 is 1.48 bits per heavy atom. The molecule has 2 amide bonds. The predicted molar refractivity (Wildman–Crippen MR) is 82.4 cm³/mol. The summed E-state index contributed by atoms with van der Waals surface area (Å²) in [5, 5.41) is 16.0. The lowest BCUT2D eigenvalue weighted by atomic mass is 10.2. The third kappa shape index (κ3) is 4.68. The van der Waals surface area contributed by atoms with E-state index in [1.54, 1.807) is 18.2 Å². The number of hydrazone groups is 1. The molecule has 3 N–H and O–H groups in total. The molecule has 1 aliphatic rings. The quantitative estimate of drug-likeness (QED) is 0.406. The average molecular weight is 321 g/mol. The van der Waals surface area contributed by atoms with E-state index in [4.69, 9.17) is 9.47 Å². The van der Waals surface area contributed by atoms with E-state index >= 15 is 0 Å². The molecule has 1 fully saturated rings. The van der Waals surface area contributed by atoms with Crippen LogP contribution in [0.1, 0.15) is 18.4 Å². The standard InChI is InChI=1S/C15H19N3O5/c1-22-12-6-2-4-10(13(12)19)8-17-18-15(21)14(20)16-9-11-5-3-7-23-11/h2,4,6,8,11,19H,3,5,7,9H2,1H3,(H,16,20)(H,18,21)/b17-8-/t11-/m1/s1. The number of methoxy groups -OCH3 is 1. The van der Waals surface area contributed by atoms with E-state index in [0.29, 0.717) is 18.7 Å². The fourth-order valence-corrected chi connectivity index (χ4v) is 2.11. The molecule has 124 valence electrons. The Hall–Kier alpha value is -2.61. The molecule has 0 saturated carbocycles. The van der Waals surface area contributed by atoms with Crippen molar-refractivity contribution in [2.75, 3.05) is 20.3 Å². The first kappa shape index (κ1) is 16.8. The van der Waals surface area contributed by atoms with Crippen LogP contribution in [-0.4, -0.2) is 49.5 Å². The fourth-order valence-electron chi connectivity index (χ4n) is 2.11. The van der Waals surface area contributed by atoms with Crippen molar-refractivity contribution in [3.8, 4) is 11.5 Å². The monoisotopic (exact) mass is 321 g/mol. The summed E-state index contributed by atoms with van der Waals surface area (Å²) in [6.45, 7) is 0.980. The lowest BCUT2D eigenvalue weighted by Gasteiger charge is -2.09. The van der Waals surface area contributed by atoms with Gasteiger partial charge in [0.1, 0.15) is 0 Å². The van der Waals surface area contributed by atoms with Crippen molar-refractivity contribution in [2.24, 2.45) is 5.10 Å². The first-order valence-corrected chi connectivity index (χ1v) is 7.20. The molecule has 8 nitrogen and oxygen atoms in total. The number of aromatic hydroxyl groups is 1. The van der Waals surface area contributed by atoms with Crippen molar-refractivity contribution in [3.63, 3.8) is 0 Å². The number of hydrogen-bond donors (Lipinski definition) is 3. The third-order valence-corrected chi connectivity index (χ3v) is 3.34. The molecule has 1 atom stereocenters. The molecule has 0 spiro atoms. The van der Waals surface area contributed by atoms with Crippen LogP contribution in [0.15, 0.2) is 23.3 Å². The highest BCUT2D eigenvalue weighted by atomic mass is 16.5. The summed E-state index contributed by atoms with van der Waals surface area (Å²) < 4.78 is 10.3. The number of amides is 2. The first-order valence-electron chi connectivity index (χ1n) is 7.20. The van der Waals surface area contributed by atoms with E-state index < -0.39 is 11.8 Å². The molecule has 1 aromatic carbocycles. The van der Waals surface area contributed by atoms with Crippen LogP contribution in [-0.2, 0) is 14.3 Å². The predicted octanol–water partition coefficient (Wildman–Crippen LogP) is 0.146. The van der Waals surface area contributed by atoms with Crippen LogP contribution in [0.2, 0.25) is 0 Å². The summed E-state index contributed by atoms with van der Waals surface area (Å²) in [5.74, 6) is -1.49. The molecule has 1 saturated heterocycles. The van der Waals surface area contributed by atoms with Gasteiger partial charge in [0, 0.05) is 18.7 Å². The molecule has 23 heavy (non-hydrogen) atoms. The van der Waals surface area contributed by atoms with Gasteiger partial charge in [0.05, 0.1) is 19.4 Å². The van der Waals surface area contributed by atoms with Gasteiger partial charge in [0.15, 0.2) is 11.5 Å². The van der Waals surface area contributed by atoms with Crippen LogP contribution in [0.3, 0.4) is 0 Å². The van der Waals surface area contributed by atoms with Gasteiger partial charge in [-0.05, 0) is 25.0 Å². The Balaban J connectivity index is 1.82. The van der Waals surface area contributed by atoms with E-state index in [2.05, 4.69) is 15.8 Å². The molecule has 1 heterocycles. The zero-order valence-corrected chi connectivity index (χ0v) is 12.7. The number of carbonyl (C=O) groups excluding carboxylic acids is 2. The fraction of sp³-hybridized carbons (Fsp3) is 0.400. The van der Waals surface area contributed by atoms with Crippen molar-refractivity contribution < 1.29 is 24.2 Å². The molecule has 1 aromatic rings. The first-order chi connectivity index (χ1) is 11.1. The lowest BCUT2D eigenvalue weighted by Crippen LogP contribution is -2.41. The van der Waals surface area contributed by atoms with Gasteiger partial charge in [-0.2, -0.15) is 5.10 Å². The minimum absolute atomic E-state index is 0.0380. The van der Waals surface area contributed by atoms with Gasteiger partial charge >= 0.3 is 11.8 Å². The molecular weight excluding hydrogens is 302 g/mol. The SMILES string of the molecule is COc1cccc(/C=N\NC(=O)C(=O)NC[C@H]2CCCO2)c1O. The van der Waals surface area contributed by atoms with Crippen LogP contribution in [0.5, 0.6) is 11.5 Å². The third-order valence-electron chi connectivity index (χ3n) is 3.34. The molecule has 1 aliphatic heterocycles. The van der Waals surface area contributed by atoms with Crippen molar-refractivity contribution in [3.05, 3.63) is 23.8 Å². The topological polar surface area (TPSA) is 109 Å². The van der Waals surface area contributed by atoms with E-state index in [0.717, 1.165) is 12.8 Å². The molecule has 0 unspecified atom stereocenters. The van der Waals surface area contributed by atoms with Gasteiger partial charge in [-0.15, -0.1) is 0 Å². The van der Waals surface area contributed by atoms with Crippen molar-refractivity contribution in [2.45, 2.75) is 18.9 Å². The number of rotatable bonds is 5. The van der Waals surface area contributed by atoms with Crippen LogP contribution in [0.4, 0.5) is 0 Å². The number of hydrogen-bond acceptors (Lipinski definition) is 6. The van der Waals surface area contributed by atoms with Crippen LogP contribution < -0.4 is 15.5 Å². The molecule has 2 rings (SSSR count). The summed E-state index contributed by atoms with van der Waals surface area (Å²) in [6.07, 6.45) is 3.02. The smallest absolute Gasteiger partial charge is 0.329 e. The number of phenolic OH excluding ortho intramolecular Hbond substituents is 1. The van der Waals surface area contributed by atoms with Gasteiger partial charge in [-0.3, -0.25) is 9.59 Å². The number of para-hydroxylation sites is 1. The second kappa shape index (κ2) is 8.14. The normalized spacial score (nSPS) is 17.2. The summed E-state index contributed by atoms with van der Waals surface area (Å²) in [5.41, 5.74) is 2.45. The number of carbonyl (C=O) groups is 2. The number of nitrogens with zero attached hydrogens (tertiary/aromatic N) is 1. The Labute approximate surface area is 133 Å². The molecule has 0 aromatic heterocycles. The van der Waals surface area contributed by atoms with Crippen molar-refractivity contribution in [1.29, 1.82) is 0 Å². The zero-order valence-electron chi connectivity index (χ0n) is 12.7. The molecule has 8 heteroatoms. The Morgan fingerprint density at radius 3 is 3.00 bits per heavy atom. The van der Waals surface area contributed by atoms with E-state index in [1.165, 1.54) is 13.3 Å². The van der Waals surface area contributed by atoms with Crippen molar-refractivity contribution >= 4 is 18.0 Å². The average Bonchev–Trinajstić information content (AvgIpc) is 3.07. The molecule has 0 aliphatic carbocycles. The van der Waals surface area contributed by atoms with Gasteiger partial charge in [0.25, 0.3) is 0 Å². The Kier molecular flexibility index (Phi) is 5.93. The van der Waals surface area contributed by atoms with E-state index in [9.17, 15) is 14.7 Å². The van der Waals surface area contributed by atoms with Crippen LogP contribution in [0.25, 0.3) is 0 Å². The second-order valence-corrected chi connectivity index (χ2v) is 4.94. The van der Waals surface area contributed by atoms with E-state index in [1.807, 2.05) is 0 Å². The van der Waals surface area contributed by atoms with Crippen LogP contribution >= 0.6 is 0 Å². The maximum atomic E-state index is 11.6. The summed E-state index contributed by atoms with van der Waals surface area (Å²) in [6, 6.07) is 4.84. The number of nitrogens with one attached hydrogen (secondary N) is 2. The molecule has 0 radical (unpaired) electrons. The second-order valence-electron chi connectivity index (χ2n) is 4.94. The number of benzene rings is 1. The van der Waals surface area contributed by atoms with Gasteiger partial charge in [0.2, 0.25) is 0 Å². The Bertz CT molecular complexity index is 597. The minimum Gasteiger partial charge on any atom is -0.504 e. The summed E-state index contributed by atoms with van der Waals surface area (Å²) in [7, 11) is 1.43. The van der Waals surface area contributed by atoms with E-state index in [-0.39, 0.29) is 17.6 Å². The highest BCUT2D eigenvalue weighted by Gasteiger charge is 2.18. The van der Waals surface area contributed by atoms with Gasteiger partial charge < -0.3 is 19.9 Å². The van der Waals surface area contributed by atoms with Crippen molar-refractivity contribution in [1.82, 2.24) is 10.7 Å². The van der Waals surface area contributed by atoms with Crippen LogP contribution in [0, 0.1) is 0 Å². The maximum Gasteiger partial charge on any atom is 0.329 e. The highest BCUT2D eigenvalue weighted by Crippen LogP contribution is 2.27. The summed E-state index contributed by atoms with van der Waals surface area (Å²) in [4.78, 5) is 23.2. The highest BCUT2D eigenvalue weighted by molar-refractivity contribution is 6.35. The minimum atomic E-state index is -0.887. The number of ether oxygens (including phenoxy) is 2.